The maximum Gasteiger partial charge on any atom is 0.250 e. The van der Waals surface area contributed by atoms with Crippen LogP contribution in [0, 0.1) is 6.92 Å². The molecular weight excluding hydrogens is 356 g/mol. The summed E-state index contributed by atoms with van der Waals surface area (Å²) < 4.78 is 27.6. The molecule has 0 radical (unpaired) electrons. The van der Waals surface area contributed by atoms with E-state index in [1.54, 1.807) is 17.5 Å². The van der Waals surface area contributed by atoms with Gasteiger partial charge in [-0.25, -0.2) is 13.1 Å². The summed E-state index contributed by atoms with van der Waals surface area (Å²) in [6.07, 6.45) is 1.68. The minimum Gasteiger partial charge on any atom is -0.342 e. The molecule has 0 unspecified atom stereocenters. The third-order valence-electron chi connectivity index (χ3n) is 4.41. The average Bonchev–Trinajstić information content (AvgIpc) is 3.13. The van der Waals surface area contributed by atoms with Gasteiger partial charge in [0.1, 0.15) is 4.21 Å². The van der Waals surface area contributed by atoms with Crippen LogP contribution in [0.3, 0.4) is 0 Å². The van der Waals surface area contributed by atoms with Gasteiger partial charge in [-0.05, 0) is 36.8 Å². The van der Waals surface area contributed by atoms with E-state index in [-0.39, 0.29) is 11.9 Å². The van der Waals surface area contributed by atoms with E-state index in [1.807, 2.05) is 36.1 Å². The Balaban J connectivity index is 1.51. The Labute approximate surface area is 152 Å². The number of thiophene rings is 1. The van der Waals surface area contributed by atoms with Crippen molar-refractivity contribution in [2.45, 2.75) is 36.4 Å². The van der Waals surface area contributed by atoms with Crippen molar-refractivity contribution in [1.82, 2.24) is 9.62 Å². The van der Waals surface area contributed by atoms with Crippen molar-refractivity contribution in [2.75, 3.05) is 13.1 Å². The van der Waals surface area contributed by atoms with Crippen LogP contribution in [0.25, 0.3) is 0 Å². The van der Waals surface area contributed by atoms with Crippen molar-refractivity contribution in [3.63, 3.8) is 0 Å². The number of amides is 1. The predicted octanol–water partition coefficient (Wildman–Crippen LogP) is 2.57. The fourth-order valence-corrected chi connectivity index (χ4v) is 5.25. The van der Waals surface area contributed by atoms with Gasteiger partial charge in [-0.2, -0.15) is 0 Å². The third kappa shape index (κ3) is 4.68. The molecule has 3 rings (SSSR count). The van der Waals surface area contributed by atoms with Crippen LogP contribution in [0.1, 0.15) is 24.0 Å². The number of benzene rings is 1. The Kier molecular flexibility index (Phi) is 5.56. The number of carbonyl (C=O) groups is 1. The summed E-state index contributed by atoms with van der Waals surface area (Å²) in [5.41, 5.74) is 2.19. The van der Waals surface area contributed by atoms with Gasteiger partial charge in [-0.1, -0.05) is 35.9 Å². The Morgan fingerprint density at radius 3 is 2.48 bits per heavy atom. The zero-order chi connectivity index (χ0) is 17.9. The monoisotopic (exact) mass is 378 g/mol. The van der Waals surface area contributed by atoms with Crippen molar-refractivity contribution < 1.29 is 13.2 Å². The quantitative estimate of drug-likeness (QED) is 0.870. The van der Waals surface area contributed by atoms with E-state index >= 15 is 0 Å². The van der Waals surface area contributed by atoms with Gasteiger partial charge in [0, 0.05) is 19.1 Å². The molecule has 1 saturated heterocycles. The van der Waals surface area contributed by atoms with Gasteiger partial charge in [-0.15, -0.1) is 11.3 Å². The largest absolute Gasteiger partial charge is 0.342 e. The standard InChI is InChI=1S/C18H22N2O3S2/c1-14-4-6-15(7-5-14)13-17(21)20-10-8-16(9-11-20)19-25(22,23)18-3-2-12-24-18/h2-7,12,16,19H,8-11,13H2,1H3. The van der Waals surface area contributed by atoms with Crippen LogP contribution in [0.4, 0.5) is 0 Å². The molecule has 134 valence electrons. The Hall–Kier alpha value is -1.70. The second-order valence-electron chi connectivity index (χ2n) is 6.37. The lowest BCUT2D eigenvalue weighted by Crippen LogP contribution is -2.46. The molecule has 5 nitrogen and oxygen atoms in total. The molecule has 7 heteroatoms. The molecule has 0 saturated carbocycles. The van der Waals surface area contributed by atoms with Crippen LogP contribution in [0.5, 0.6) is 0 Å². The van der Waals surface area contributed by atoms with E-state index in [9.17, 15) is 13.2 Å². The normalized spacial score (nSPS) is 16.1. The smallest absolute Gasteiger partial charge is 0.250 e. The Morgan fingerprint density at radius 1 is 1.20 bits per heavy atom. The lowest BCUT2D eigenvalue weighted by atomic mass is 10.0. The number of likely N-dealkylation sites (tertiary alicyclic amines) is 1. The first-order valence-electron chi connectivity index (χ1n) is 8.33. The van der Waals surface area contributed by atoms with Gasteiger partial charge in [-0.3, -0.25) is 4.79 Å². The average molecular weight is 379 g/mol. The highest BCUT2D eigenvalue weighted by atomic mass is 32.2. The van der Waals surface area contributed by atoms with Crippen LogP contribution in [0.15, 0.2) is 46.0 Å². The molecule has 1 amide bonds. The molecule has 1 aliphatic rings. The second-order valence-corrected chi connectivity index (χ2v) is 9.26. The van der Waals surface area contributed by atoms with Crippen LogP contribution in [0.2, 0.25) is 0 Å². The first kappa shape index (κ1) is 18.1. The highest BCUT2D eigenvalue weighted by Gasteiger charge is 2.27. The van der Waals surface area contributed by atoms with Crippen LogP contribution in [-0.2, 0) is 21.2 Å². The highest BCUT2D eigenvalue weighted by Crippen LogP contribution is 2.19. The lowest BCUT2D eigenvalue weighted by Gasteiger charge is -2.32. The summed E-state index contributed by atoms with van der Waals surface area (Å²) in [4.78, 5) is 14.2. The Morgan fingerprint density at radius 2 is 1.88 bits per heavy atom. The van der Waals surface area contributed by atoms with Gasteiger partial charge in [0.15, 0.2) is 0 Å². The number of piperidine rings is 1. The topological polar surface area (TPSA) is 66.5 Å². The summed E-state index contributed by atoms with van der Waals surface area (Å²) in [5.74, 6) is 0.100. The molecule has 1 N–H and O–H groups in total. The van der Waals surface area contributed by atoms with Crippen molar-refractivity contribution in [1.29, 1.82) is 0 Å². The molecular formula is C18H22N2O3S2. The number of rotatable bonds is 5. The van der Waals surface area contributed by atoms with Gasteiger partial charge in [0.2, 0.25) is 15.9 Å². The molecule has 2 heterocycles. The number of nitrogens with zero attached hydrogens (tertiary/aromatic N) is 1. The third-order valence-corrected chi connectivity index (χ3v) is 7.32. The molecule has 0 aliphatic carbocycles. The molecule has 0 atom stereocenters. The number of sulfonamides is 1. The molecule has 1 aromatic carbocycles. The summed E-state index contributed by atoms with van der Waals surface area (Å²) >= 11 is 1.21. The number of carbonyl (C=O) groups excluding carboxylic acids is 1. The van der Waals surface area contributed by atoms with E-state index < -0.39 is 10.0 Å². The summed E-state index contributed by atoms with van der Waals surface area (Å²) in [7, 11) is -3.44. The predicted molar refractivity (Wildman–Crippen MR) is 99.1 cm³/mol. The zero-order valence-corrected chi connectivity index (χ0v) is 15.8. The fraction of sp³-hybridized carbons (Fsp3) is 0.389. The highest BCUT2D eigenvalue weighted by molar-refractivity contribution is 7.91. The van der Waals surface area contributed by atoms with Gasteiger partial charge >= 0.3 is 0 Å². The van der Waals surface area contributed by atoms with E-state index in [4.69, 9.17) is 0 Å². The SMILES string of the molecule is Cc1ccc(CC(=O)N2CCC(NS(=O)(=O)c3cccs3)CC2)cc1. The zero-order valence-electron chi connectivity index (χ0n) is 14.1. The Bertz CT molecular complexity index is 807. The van der Waals surface area contributed by atoms with E-state index in [0.29, 0.717) is 36.6 Å². The minimum absolute atomic E-state index is 0.100. The van der Waals surface area contributed by atoms with Crippen molar-refractivity contribution >= 4 is 27.3 Å². The first-order chi connectivity index (χ1) is 11.9. The van der Waals surface area contributed by atoms with Crippen LogP contribution in [-0.4, -0.2) is 38.4 Å². The summed E-state index contributed by atoms with van der Waals surface area (Å²) in [6, 6.07) is 11.2. The maximum absolute atomic E-state index is 12.4. The number of nitrogens with one attached hydrogen (secondary N) is 1. The molecule has 0 bridgehead atoms. The van der Waals surface area contributed by atoms with Crippen molar-refractivity contribution in [3.05, 3.63) is 52.9 Å². The van der Waals surface area contributed by atoms with Crippen molar-refractivity contribution in [3.8, 4) is 0 Å². The van der Waals surface area contributed by atoms with Gasteiger partial charge in [0.05, 0.1) is 6.42 Å². The van der Waals surface area contributed by atoms with Gasteiger partial charge in [0.25, 0.3) is 0 Å². The van der Waals surface area contributed by atoms with E-state index in [1.165, 1.54) is 16.9 Å². The molecule has 1 aliphatic heterocycles. The van der Waals surface area contributed by atoms with Gasteiger partial charge < -0.3 is 4.90 Å². The lowest BCUT2D eigenvalue weighted by molar-refractivity contribution is -0.131. The van der Waals surface area contributed by atoms with E-state index in [0.717, 1.165) is 5.56 Å². The molecule has 1 fully saturated rings. The maximum atomic E-state index is 12.4. The molecule has 25 heavy (non-hydrogen) atoms. The van der Waals surface area contributed by atoms with Crippen molar-refractivity contribution in [2.24, 2.45) is 0 Å². The van der Waals surface area contributed by atoms with Crippen LogP contribution < -0.4 is 4.72 Å². The summed E-state index contributed by atoms with van der Waals surface area (Å²) in [6.45, 7) is 3.19. The molecule has 0 spiro atoms. The van der Waals surface area contributed by atoms with Crippen LogP contribution >= 0.6 is 11.3 Å². The molecule has 2 aromatic rings. The number of aryl methyl sites for hydroxylation is 1. The molecule has 1 aromatic heterocycles. The second kappa shape index (κ2) is 7.68. The first-order valence-corrected chi connectivity index (χ1v) is 10.7. The fourth-order valence-electron chi connectivity index (χ4n) is 2.93. The number of hydrogen-bond acceptors (Lipinski definition) is 4. The minimum atomic E-state index is -3.44. The number of hydrogen-bond donors (Lipinski definition) is 1. The van der Waals surface area contributed by atoms with E-state index in [2.05, 4.69) is 4.72 Å². The summed E-state index contributed by atoms with van der Waals surface area (Å²) in [5, 5.41) is 1.75.